The van der Waals surface area contributed by atoms with E-state index in [9.17, 15) is 27.9 Å². The number of nitrogens with zero attached hydrogens (tertiary/aromatic N) is 5. The molecule has 1 aromatic carbocycles. The highest BCUT2D eigenvalue weighted by Crippen LogP contribution is 2.37. The molecule has 6 rings (SSSR count). The predicted molar refractivity (Wildman–Crippen MR) is 194 cm³/mol. The van der Waals surface area contributed by atoms with Crippen molar-refractivity contribution in [1.29, 1.82) is 0 Å². The van der Waals surface area contributed by atoms with Crippen LogP contribution in [0.2, 0.25) is 0 Å². The summed E-state index contributed by atoms with van der Waals surface area (Å²) in [6, 6.07) is 8.46. The van der Waals surface area contributed by atoms with Crippen molar-refractivity contribution in [3.8, 4) is 16.9 Å². The third-order valence-electron chi connectivity index (χ3n) is 9.80. The van der Waals surface area contributed by atoms with Crippen molar-refractivity contribution in [2.45, 2.75) is 63.4 Å². The van der Waals surface area contributed by atoms with E-state index in [2.05, 4.69) is 47.5 Å². The van der Waals surface area contributed by atoms with Crippen LogP contribution in [-0.4, -0.2) is 101 Å². The van der Waals surface area contributed by atoms with Gasteiger partial charge in [-0.25, -0.2) is 14.3 Å². The molecular formula is C33H42N9O10S2+. The van der Waals surface area contributed by atoms with Gasteiger partial charge in [0.1, 0.15) is 17.5 Å². The zero-order valence-corrected chi connectivity index (χ0v) is 31.3. The molecule has 0 aliphatic carbocycles. The standard InChI is InChI=1S/C33H41N9O10S2/c1-32(2)27(29(44)42(32)52-54(47,48)49)38-28(43)26(22-17-53-31(36)37-22)39-51-33(3,30(45)46)24-8-5-20-12-19(4-7-23(20)50-24)21-6-9-25-40(11-10-34)14-18(13-35)15-41(25)16-21/h4,6-7,9,12,16-18,24,27H,5,8,10-11,13-15,34-35H2,1-3H3,(H4-,36,37,38,43,45,46,47,48,49)/p+1/b39-26-/t18?,24-,27?,33?/m1/s1. The second kappa shape index (κ2) is 14.7. The largest absolute Gasteiger partial charge is 0.485 e. The first-order valence-corrected chi connectivity index (χ1v) is 19.2. The smallest absolute Gasteiger partial charge is 0.418 e. The highest BCUT2D eigenvalue weighted by molar-refractivity contribution is 7.80. The molecular weight excluding hydrogens is 747 g/mol. The zero-order valence-electron chi connectivity index (χ0n) is 29.7. The van der Waals surface area contributed by atoms with Crippen molar-refractivity contribution >= 4 is 56.2 Å². The maximum absolute atomic E-state index is 13.5. The van der Waals surface area contributed by atoms with E-state index in [4.69, 9.17) is 31.3 Å². The van der Waals surface area contributed by atoms with Gasteiger partial charge < -0.3 is 37.2 Å². The van der Waals surface area contributed by atoms with E-state index in [1.807, 2.05) is 12.1 Å². The number of aryl methyl sites for hydroxylation is 1. The second-order valence-electron chi connectivity index (χ2n) is 13.9. The van der Waals surface area contributed by atoms with Crippen LogP contribution in [0.5, 0.6) is 5.75 Å². The van der Waals surface area contributed by atoms with E-state index in [0.717, 1.165) is 53.5 Å². The minimum absolute atomic E-state index is 0.0631. The summed E-state index contributed by atoms with van der Waals surface area (Å²) < 4.78 is 44.2. The zero-order chi connectivity index (χ0) is 39.2. The van der Waals surface area contributed by atoms with E-state index in [1.54, 1.807) is 6.07 Å². The Kier molecular flexibility index (Phi) is 10.6. The van der Waals surface area contributed by atoms with Crippen molar-refractivity contribution in [2.24, 2.45) is 22.5 Å². The van der Waals surface area contributed by atoms with Gasteiger partial charge in [0.15, 0.2) is 16.9 Å². The number of oxime groups is 1. The number of hydroxylamine groups is 2. The fraction of sp³-hybridized carbons (Fsp3) is 0.455. The lowest BCUT2D eigenvalue weighted by molar-refractivity contribution is -0.694. The maximum Gasteiger partial charge on any atom is 0.418 e. The van der Waals surface area contributed by atoms with E-state index in [-0.39, 0.29) is 17.2 Å². The van der Waals surface area contributed by atoms with Crippen molar-refractivity contribution in [3.05, 3.63) is 53.2 Å². The molecule has 54 heavy (non-hydrogen) atoms. The predicted octanol–water partition coefficient (Wildman–Crippen LogP) is -0.169. The average molecular weight is 789 g/mol. The molecule has 0 bridgehead atoms. The molecule has 2 amide bonds. The number of β-lactam (4-membered cyclic amide) rings is 1. The van der Waals surface area contributed by atoms with Gasteiger partial charge in [-0.1, -0.05) is 11.2 Å². The van der Waals surface area contributed by atoms with Crippen LogP contribution >= 0.6 is 11.3 Å². The Labute approximate surface area is 314 Å². The summed E-state index contributed by atoms with van der Waals surface area (Å²) in [5.74, 6) is -1.60. The number of amides is 2. The number of pyridine rings is 1. The summed E-state index contributed by atoms with van der Waals surface area (Å²) >= 11 is 0.972. The molecule has 21 heteroatoms. The van der Waals surface area contributed by atoms with Gasteiger partial charge in [0.05, 0.1) is 31.4 Å². The van der Waals surface area contributed by atoms with Crippen LogP contribution in [0.1, 0.15) is 38.4 Å². The van der Waals surface area contributed by atoms with Gasteiger partial charge in [0.2, 0.25) is 0 Å². The summed E-state index contributed by atoms with van der Waals surface area (Å²) in [6.07, 6.45) is 1.70. The summed E-state index contributed by atoms with van der Waals surface area (Å²) in [5, 5.41) is 18.6. The minimum Gasteiger partial charge on any atom is -0.485 e. The van der Waals surface area contributed by atoms with Crippen LogP contribution < -0.4 is 36.7 Å². The van der Waals surface area contributed by atoms with E-state index >= 15 is 0 Å². The van der Waals surface area contributed by atoms with Crippen LogP contribution in [-0.2, 0) is 46.9 Å². The normalized spacial score (nSPS) is 21.9. The number of fused-ring (bicyclic) bond motifs is 2. The molecule has 290 valence electrons. The number of carbonyl (C=O) groups is 3. The molecule has 3 unspecified atom stereocenters. The molecule has 0 spiro atoms. The number of nitrogens with one attached hydrogen (secondary N) is 1. The van der Waals surface area contributed by atoms with Crippen LogP contribution in [0.15, 0.2) is 47.1 Å². The lowest BCUT2D eigenvalue weighted by Crippen LogP contribution is -2.76. The number of aromatic nitrogens is 2. The topological polar surface area (TPSA) is 279 Å². The number of ether oxygens (including phenoxy) is 1. The van der Waals surface area contributed by atoms with Crippen molar-refractivity contribution in [2.75, 3.05) is 36.8 Å². The van der Waals surface area contributed by atoms with E-state index in [0.29, 0.717) is 36.2 Å². The monoisotopic (exact) mass is 788 g/mol. The van der Waals surface area contributed by atoms with Crippen LogP contribution in [0.3, 0.4) is 0 Å². The summed E-state index contributed by atoms with van der Waals surface area (Å²) in [7, 11) is -5.03. The number of carbonyl (C=O) groups excluding carboxylic acids is 2. The molecule has 2 aromatic heterocycles. The van der Waals surface area contributed by atoms with Crippen molar-refractivity contribution in [1.82, 2.24) is 15.4 Å². The lowest BCUT2D eigenvalue weighted by Gasteiger charge is -2.50. The SMILES string of the molecule is CC(O/N=C(\C(=O)NC1C(=O)N(OS(=O)(=O)O)C1(C)C)c1csc(N)n1)(C(=O)O)[C@H]1CCc2cc(-c3ccc4[n+](c3)CC(CN)CN4CCN)ccc2O1. The number of benzene rings is 1. The van der Waals surface area contributed by atoms with Crippen LogP contribution in [0.4, 0.5) is 10.9 Å². The Morgan fingerprint density at radius 1 is 1.24 bits per heavy atom. The van der Waals surface area contributed by atoms with Crippen LogP contribution in [0.25, 0.3) is 11.1 Å². The number of hydrogen-bond donors (Lipinski definition) is 6. The van der Waals surface area contributed by atoms with Gasteiger partial charge >= 0.3 is 16.4 Å². The number of carboxylic acid groups (broad SMARTS) is 1. The average Bonchev–Trinajstić information content (AvgIpc) is 3.56. The Hall–Kier alpha value is -4.93. The lowest BCUT2D eigenvalue weighted by atomic mass is 9.84. The fourth-order valence-corrected chi connectivity index (χ4v) is 7.75. The molecule has 19 nitrogen and oxygen atoms in total. The molecule has 9 N–H and O–H groups in total. The Bertz CT molecular complexity index is 2110. The Morgan fingerprint density at radius 2 is 1.98 bits per heavy atom. The van der Waals surface area contributed by atoms with Crippen molar-refractivity contribution < 1.29 is 50.9 Å². The molecule has 3 aliphatic rings. The molecule has 3 aliphatic heterocycles. The quantitative estimate of drug-likeness (QED) is 0.0431. The first kappa shape index (κ1) is 38.8. The minimum atomic E-state index is -5.03. The number of thiazole rings is 1. The molecule has 5 heterocycles. The molecule has 1 fully saturated rings. The van der Waals surface area contributed by atoms with Gasteiger partial charge in [-0.15, -0.1) is 15.6 Å². The Morgan fingerprint density at radius 3 is 2.61 bits per heavy atom. The third kappa shape index (κ3) is 7.54. The molecule has 1 saturated heterocycles. The summed E-state index contributed by atoms with van der Waals surface area (Å²) in [5.41, 5.74) is 16.4. The summed E-state index contributed by atoms with van der Waals surface area (Å²) in [4.78, 5) is 51.0. The molecule has 0 saturated carbocycles. The number of nitrogen functional groups attached to an aromatic ring is 1. The number of rotatable bonds is 13. The maximum atomic E-state index is 13.5. The highest BCUT2D eigenvalue weighted by Gasteiger charge is 2.58. The number of anilines is 2. The van der Waals surface area contributed by atoms with Crippen molar-refractivity contribution in [3.63, 3.8) is 0 Å². The number of carboxylic acids is 1. The number of aliphatic carboxylic acids is 1. The Balaban J connectivity index is 1.21. The van der Waals surface area contributed by atoms with Crippen LogP contribution in [0, 0.1) is 5.92 Å². The molecule has 4 atom stereocenters. The van der Waals surface area contributed by atoms with Gasteiger partial charge in [-0.3, -0.25) is 19.0 Å². The third-order valence-corrected chi connectivity index (χ3v) is 10.8. The molecule has 3 aromatic rings. The van der Waals surface area contributed by atoms with Gasteiger partial charge in [-0.2, -0.15) is 13.5 Å². The first-order valence-electron chi connectivity index (χ1n) is 17.0. The van der Waals surface area contributed by atoms with Gasteiger partial charge in [0.25, 0.3) is 23.2 Å². The van der Waals surface area contributed by atoms with E-state index < -0.39 is 57.2 Å². The van der Waals surface area contributed by atoms with Gasteiger partial charge in [0, 0.05) is 36.0 Å². The summed E-state index contributed by atoms with van der Waals surface area (Å²) in [6.45, 7) is 7.46. The van der Waals surface area contributed by atoms with Gasteiger partial charge in [-0.05, 0) is 62.9 Å². The number of hydrogen-bond acceptors (Lipinski definition) is 15. The highest BCUT2D eigenvalue weighted by atomic mass is 32.3. The van der Waals surface area contributed by atoms with E-state index in [1.165, 1.54) is 26.2 Å². The fourth-order valence-electron chi connectivity index (χ4n) is 6.75. The number of nitrogens with two attached hydrogens (primary N) is 3. The molecule has 0 radical (unpaired) electrons. The first-order chi connectivity index (χ1) is 25.4. The second-order valence-corrected chi connectivity index (χ2v) is 15.8.